The van der Waals surface area contributed by atoms with E-state index in [1.165, 1.54) is 17.5 Å². The Kier molecular flexibility index (Phi) is 5.74. The molecule has 4 rings (SSSR count). The molecule has 1 aromatic carbocycles. The molecule has 7 heteroatoms. The molecule has 0 N–H and O–H groups in total. The lowest BCUT2D eigenvalue weighted by atomic mass is 9.95. The molecule has 1 aliphatic carbocycles. The van der Waals surface area contributed by atoms with E-state index < -0.39 is 0 Å². The first-order valence-electron chi connectivity index (χ1n) is 10.7. The molecule has 0 radical (unpaired) electrons. The van der Waals surface area contributed by atoms with Crippen LogP contribution in [0.3, 0.4) is 0 Å². The molecular formula is C22H30N4O3. The SMILES string of the molecule is Cc1ccccc1OCC(=O)N1CCC(c2nn(C)c(=O)n2C2CCCC2)CC1. The molecule has 1 aliphatic heterocycles. The van der Waals surface area contributed by atoms with Crippen molar-refractivity contribution in [1.82, 2.24) is 19.2 Å². The maximum absolute atomic E-state index is 12.6. The second-order valence-electron chi connectivity index (χ2n) is 8.28. The maximum Gasteiger partial charge on any atom is 0.345 e. The molecule has 1 saturated carbocycles. The fourth-order valence-electron chi connectivity index (χ4n) is 4.62. The van der Waals surface area contributed by atoms with Gasteiger partial charge in [0.25, 0.3) is 5.91 Å². The monoisotopic (exact) mass is 398 g/mol. The number of ether oxygens (including phenoxy) is 1. The number of rotatable bonds is 5. The molecule has 1 saturated heterocycles. The lowest BCUT2D eigenvalue weighted by Crippen LogP contribution is -2.41. The second-order valence-corrected chi connectivity index (χ2v) is 8.28. The zero-order chi connectivity index (χ0) is 20.4. The minimum atomic E-state index is -0.00274. The number of carbonyl (C=O) groups is 1. The number of likely N-dealkylation sites (tertiary alicyclic amines) is 1. The number of carbonyl (C=O) groups excluding carboxylic acids is 1. The number of nitrogens with zero attached hydrogens (tertiary/aromatic N) is 4. The molecule has 0 atom stereocenters. The molecule has 29 heavy (non-hydrogen) atoms. The molecule has 156 valence electrons. The zero-order valence-electron chi connectivity index (χ0n) is 17.3. The van der Waals surface area contributed by atoms with Crippen LogP contribution >= 0.6 is 0 Å². The fraction of sp³-hybridized carbons (Fsp3) is 0.591. The molecule has 2 aliphatic rings. The van der Waals surface area contributed by atoms with E-state index in [0.717, 1.165) is 42.8 Å². The van der Waals surface area contributed by atoms with E-state index in [-0.39, 0.29) is 30.2 Å². The van der Waals surface area contributed by atoms with Crippen LogP contribution in [0.25, 0.3) is 0 Å². The number of hydrogen-bond acceptors (Lipinski definition) is 4. The number of benzene rings is 1. The molecule has 7 nitrogen and oxygen atoms in total. The normalized spacial score (nSPS) is 18.3. The summed E-state index contributed by atoms with van der Waals surface area (Å²) in [7, 11) is 1.73. The highest BCUT2D eigenvalue weighted by Crippen LogP contribution is 2.33. The third-order valence-corrected chi connectivity index (χ3v) is 6.33. The third kappa shape index (κ3) is 4.09. The van der Waals surface area contributed by atoms with E-state index >= 15 is 0 Å². The van der Waals surface area contributed by atoms with Crippen LogP contribution in [0.4, 0.5) is 0 Å². The van der Waals surface area contributed by atoms with E-state index in [2.05, 4.69) is 5.10 Å². The van der Waals surface area contributed by atoms with Crippen molar-refractivity contribution in [3.8, 4) is 5.75 Å². The summed E-state index contributed by atoms with van der Waals surface area (Å²) in [6.45, 7) is 3.39. The third-order valence-electron chi connectivity index (χ3n) is 6.33. The molecule has 2 aromatic rings. The van der Waals surface area contributed by atoms with Gasteiger partial charge in [-0.15, -0.1) is 0 Å². The van der Waals surface area contributed by atoms with Crippen LogP contribution in [0.15, 0.2) is 29.1 Å². The summed E-state index contributed by atoms with van der Waals surface area (Å²) < 4.78 is 9.13. The Morgan fingerprint density at radius 1 is 1.14 bits per heavy atom. The first-order valence-corrected chi connectivity index (χ1v) is 10.7. The molecule has 2 heterocycles. The van der Waals surface area contributed by atoms with Gasteiger partial charge in [0.2, 0.25) is 0 Å². The second kappa shape index (κ2) is 8.43. The summed E-state index contributed by atoms with van der Waals surface area (Å²) >= 11 is 0. The van der Waals surface area contributed by atoms with Crippen LogP contribution in [-0.4, -0.2) is 44.9 Å². The van der Waals surface area contributed by atoms with Crippen molar-refractivity contribution in [1.29, 1.82) is 0 Å². The molecular weight excluding hydrogens is 368 g/mol. The van der Waals surface area contributed by atoms with Gasteiger partial charge >= 0.3 is 5.69 Å². The topological polar surface area (TPSA) is 69.4 Å². The van der Waals surface area contributed by atoms with Crippen molar-refractivity contribution in [2.45, 2.75) is 57.4 Å². The molecule has 0 spiro atoms. The average molecular weight is 399 g/mol. The highest BCUT2D eigenvalue weighted by atomic mass is 16.5. The van der Waals surface area contributed by atoms with Gasteiger partial charge in [0.1, 0.15) is 11.6 Å². The Morgan fingerprint density at radius 3 is 2.52 bits per heavy atom. The van der Waals surface area contributed by atoms with Crippen molar-refractivity contribution in [3.63, 3.8) is 0 Å². The van der Waals surface area contributed by atoms with Gasteiger partial charge in [0, 0.05) is 32.1 Å². The number of aryl methyl sites for hydroxylation is 2. The maximum atomic E-state index is 12.6. The minimum Gasteiger partial charge on any atom is -0.484 e. The van der Waals surface area contributed by atoms with Crippen LogP contribution in [0, 0.1) is 6.92 Å². The summed E-state index contributed by atoms with van der Waals surface area (Å²) in [6, 6.07) is 8.01. The van der Waals surface area contributed by atoms with E-state index in [9.17, 15) is 9.59 Å². The van der Waals surface area contributed by atoms with Crippen molar-refractivity contribution in [3.05, 3.63) is 46.1 Å². The quantitative estimate of drug-likeness (QED) is 0.777. The fourth-order valence-corrected chi connectivity index (χ4v) is 4.62. The van der Waals surface area contributed by atoms with Crippen LogP contribution in [0.5, 0.6) is 5.75 Å². The predicted molar refractivity (Wildman–Crippen MR) is 110 cm³/mol. The number of piperidine rings is 1. The lowest BCUT2D eigenvalue weighted by Gasteiger charge is -2.32. The van der Waals surface area contributed by atoms with E-state index in [1.807, 2.05) is 40.7 Å². The Balaban J connectivity index is 1.37. The Morgan fingerprint density at radius 2 is 1.83 bits per heavy atom. The van der Waals surface area contributed by atoms with Crippen LogP contribution in [0.2, 0.25) is 0 Å². The van der Waals surface area contributed by atoms with Crippen molar-refractivity contribution >= 4 is 5.91 Å². The Labute approximate surface area is 171 Å². The summed E-state index contributed by atoms with van der Waals surface area (Å²) in [4.78, 5) is 27.1. The van der Waals surface area contributed by atoms with Gasteiger partial charge in [-0.25, -0.2) is 9.48 Å². The van der Waals surface area contributed by atoms with Crippen molar-refractivity contribution in [2.75, 3.05) is 19.7 Å². The zero-order valence-corrected chi connectivity index (χ0v) is 17.3. The summed E-state index contributed by atoms with van der Waals surface area (Å²) in [5.74, 6) is 1.91. The first kappa shape index (κ1) is 19.7. The molecule has 0 bridgehead atoms. The smallest absolute Gasteiger partial charge is 0.345 e. The van der Waals surface area contributed by atoms with Crippen LogP contribution < -0.4 is 10.4 Å². The van der Waals surface area contributed by atoms with Gasteiger partial charge in [-0.1, -0.05) is 31.0 Å². The highest BCUT2D eigenvalue weighted by Gasteiger charge is 2.31. The number of hydrogen-bond donors (Lipinski definition) is 0. The van der Waals surface area contributed by atoms with Crippen LogP contribution in [-0.2, 0) is 11.8 Å². The summed E-state index contributed by atoms with van der Waals surface area (Å²) in [5, 5.41) is 4.57. The van der Waals surface area contributed by atoms with E-state index in [4.69, 9.17) is 4.74 Å². The lowest BCUT2D eigenvalue weighted by molar-refractivity contribution is -0.134. The highest BCUT2D eigenvalue weighted by molar-refractivity contribution is 5.77. The Hall–Kier alpha value is -2.57. The van der Waals surface area contributed by atoms with Crippen molar-refractivity contribution < 1.29 is 9.53 Å². The first-order chi connectivity index (χ1) is 14.0. The number of aromatic nitrogens is 3. The summed E-state index contributed by atoms with van der Waals surface area (Å²) in [6.07, 6.45) is 6.15. The predicted octanol–water partition coefficient (Wildman–Crippen LogP) is 2.79. The van der Waals surface area contributed by atoms with Gasteiger partial charge in [0.15, 0.2) is 6.61 Å². The van der Waals surface area contributed by atoms with Crippen molar-refractivity contribution in [2.24, 2.45) is 7.05 Å². The Bertz CT molecular complexity index is 918. The van der Waals surface area contributed by atoms with Gasteiger partial charge in [-0.3, -0.25) is 9.36 Å². The van der Waals surface area contributed by atoms with Crippen LogP contribution in [0.1, 0.15) is 61.9 Å². The average Bonchev–Trinajstić information content (AvgIpc) is 3.36. The number of para-hydroxylation sites is 1. The number of amides is 1. The molecule has 1 aromatic heterocycles. The largest absolute Gasteiger partial charge is 0.484 e. The standard InChI is InChI=1S/C22H30N4O3/c1-16-7-3-6-10-19(16)29-15-20(27)25-13-11-17(12-14-25)21-23-24(2)22(28)26(21)18-8-4-5-9-18/h3,6-7,10,17-18H,4-5,8-9,11-15H2,1-2H3. The van der Waals surface area contributed by atoms with E-state index in [0.29, 0.717) is 13.1 Å². The van der Waals surface area contributed by atoms with Gasteiger partial charge in [-0.2, -0.15) is 5.10 Å². The van der Waals surface area contributed by atoms with Gasteiger partial charge in [-0.05, 0) is 44.2 Å². The van der Waals surface area contributed by atoms with Gasteiger partial charge in [0.05, 0.1) is 0 Å². The summed E-state index contributed by atoms with van der Waals surface area (Å²) in [5.41, 5.74) is 1.02. The minimum absolute atomic E-state index is 0.00274. The van der Waals surface area contributed by atoms with E-state index in [1.54, 1.807) is 7.05 Å². The van der Waals surface area contributed by atoms with Gasteiger partial charge < -0.3 is 9.64 Å². The molecule has 0 unspecified atom stereocenters. The molecule has 1 amide bonds. The molecule has 2 fully saturated rings.